The van der Waals surface area contributed by atoms with Crippen LogP contribution in [-0.2, 0) is 4.79 Å². The van der Waals surface area contributed by atoms with Gasteiger partial charge in [0.25, 0.3) is 0 Å². The Morgan fingerprint density at radius 1 is 1.60 bits per heavy atom. The minimum Gasteiger partial charge on any atom is -0.481 e. The topological polar surface area (TPSA) is 84.6 Å². The van der Waals surface area contributed by atoms with Gasteiger partial charge in [-0.2, -0.15) is 17.0 Å². The van der Waals surface area contributed by atoms with Gasteiger partial charge in [0.15, 0.2) is 0 Å². The summed E-state index contributed by atoms with van der Waals surface area (Å²) in [5.41, 5.74) is 0. The van der Waals surface area contributed by atoms with Crippen LogP contribution in [0.2, 0.25) is 0 Å². The highest BCUT2D eigenvalue weighted by Crippen LogP contribution is 2.21. The zero-order chi connectivity index (χ0) is 15.1. The maximum atomic E-state index is 12.5. The van der Waals surface area contributed by atoms with Crippen LogP contribution in [0.3, 0.4) is 0 Å². The van der Waals surface area contributed by atoms with E-state index < -0.39 is 5.97 Å². The molecule has 0 bridgehead atoms. The lowest BCUT2D eigenvalue weighted by atomic mass is 10.2. The summed E-state index contributed by atoms with van der Waals surface area (Å²) in [7, 11) is 0. The average Bonchev–Trinajstić information content (AvgIpc) is 2.43. The van der Waals surface area contributed by atoms with E-state index in [0.29, 0.717) is 25.4 Å². The summed E-state index contributed by atoms with van der Waals surface area (Å²) in [6.07, 6.45) is -0.0237. The fraction of sp³-hybridized carbons (Fsp3) is 0.769. The lowest BCUT2D eigenvalue weighted by molar-refractivity contribution is -0.138. The monoisotopic (exact) mass is 299 g/mol. The molecule has 1 aliphatic heterocycles. The number of hydrogen-bond acceptors (Lipinski definition) is 4. The number of urea groups is 1. The molecule has 0 aromatic carbocycles. The van der Waals surface area contributed by atoms with Gasteiger partial charge in [-0.3, -0.25) is 4.79 Å². The summed E-state index contributed by atoms with van der Waals surface area (Å²) in [6.45, 7) is 5.12. The molecule has 0 aliphatic carbocycles. The summed E-state index contributed by atoms with van der Waals surface area (Å²) in [6, 6.07) is 1.71. The third-order valence-electron chi connectivity index (χ3n) is 3.25. The quantitative estimate of drug-likeness (QED) is 0.831. The lowest BCUT2D eigenvalue weighted by Gasteiger charge is -2.38. The summed E-state index contributed by atoms with van der Waals surface area (Å²) in [5.74, 6) is 0.371. The molecule has 1 rings (SSSR count). The van der Waals surface area contributed by atoms with Crippen LogP contribution in [0.4, 0.5) is 4.79 Å². The van der Waals surface area contributed by atoms with Crippen molar-refractivity contribution >= 4 is 23.8 Å². The number of carbonyl (C=O) groups is 2. The first-order valence-electron chi connectivity index (χ1n) is 6.74. The van der Waals surface area contributed by atoms with Crippen molar-refractivity contribution < 1.29 is 14.7 Å². The van der Waals surface area contributed by atoms with Gasteiger partial charge in [0.1, 0.15) is 0 Å². The molecule has 1 aliphatic rings. The van der Waals surface area contributed by atoms with Crippen molar-refractivity contribution in [3.8, 4) is 6.07 Å². The number of hydrogen-bond donors (Lipinski definition) is 1. The standard InChI is InChI=1S/C13H21N3O3S/c1-3-15(8-10(2)7-14)13(19)16-4-5-20-9-11(16)6-12(17)18/h10-11H,3-6,8-9H2,1-2H3,(H,17,18). The highest BCUT2D eigenvalue weighted by atomic mass is 32.2. The molecule has 0 spiro atoms. The Bertz CT molecular complexity index is 397. The number of amides is 2. The first-order chi connectivity index (χ1) is 9.49. The van der Waals surface area contributed by atoms with Gasteiger partial charge < -0.3 is 14.9 Å². The number of carbonyl (C=O) groups excluding carboxylic acids is 1. The number of carboxylic acid groups (broad SMARTS) is 1. The first-order valence-corrected chi connectivity index (χ1v) is 7.89. The van der Waals surface area contributed by atoms with Crippen LogP contribution < -0.4 is 0 Å². The maximum absolute atomic E-state index is 12.5. The fourth-order valence-electron chi connectivity index (χ4n) is 2.17. The van der Waals surface area contributed by atoms with Crippen LogP contribution in [0.1, 0.15) is 20.3 Å². The van der Waals surface area contributed by atoms with Gasteiger partial charge in [-0.25, -0.2) is 4.79 Å². The van der Waals surface area contributed by atoms with Gasteiger partial charge in [0.2, 0.25) is 0 Å². The van der Waals surface area contributed by atoms with Crippen molar-refractivity contribution in [3.05, 3.63) is 0 Å². The number of thioether (sulfide) groups is 1. The highest BCUT2D eigenvalue weighted by Gasteiger charge is 2.31. The van der Waals surface area contributed by atoms with Crippen molar-refractivity contribution in [3.63, 3.8) is 0 Å². The molecule has 1 fully saturated rings. The largest absolute Gasteiger partial charge is 0.481 e. The Labute approximate surface area is 123 Å². The molecule has 112 valence electrons. The SMILES string of the molecule is CCN(CC(C)C#N)C(=O)N1CCSCC1CC(=O)O. The summed E-state index contributed by atoms with van der Waals surface area (Å²) in [4.78, 5) is 26.7. The number of nitrogens with zero attached hydrogens (tertiary/aromatic N) is 3. The fourth-order valence-corrected chi connectivity index (χ4v) is 3.24. The highest BCUT2D eigenvalue weighted by molar-refractivity contribution is 7.99. The molecule has 6 nitrogen and oxygen atoms in total. The van der Waals surface area contributed by atoms with Crippen LogP contribution in [-0.4, -0.2) is 64.1 Å². The van der Waals surface area contributed by atoms with Crippen molar-refractivity contribution in [2.45, 2.75) is 26.3 Å². The van der Waals surface area contributed by atoms with Gasteiger partial charge in [0.05, 0.1) is 24.4 Å². The molecule has 1 saturated heterocycles. The zero-order valence-electron chi connectivity index (χ0n) is 11.9. The van der Waals surface area contributed by atoms with Crippen LogP contribution in [0.25, 0.3) is 0 Å². The van der Waals surface area contributed by atoms with Gasteiger partial charge in [0, 0.05) is 31.1 Å². The van der Waals surface area contributed by atoms with Crippen LogP contribution >= 0.6 is 11.8 Å². The smallest absolute Gasteiger partial charge is 0.320 e. The van der Waals surface area contributed by atoms with Gasteiger partial charge >= 0.3 is 12.0 Å². The second-order valence-electron chi connectivity index (χ2n) is 4.87. The number of carboxylic acids is 1. The van der Waals surface area contributed by atoms with E-state index in [-0.39, 0.29) is 24.4 Å². The Kier molecular flexibility index (Phi) is 6.65. The van der Waals surface area contributed by atoms with E-state index in [1.165, 1.54) is 0 Å². The van der Waals surface area contributed by atoms with E-state index in [1.54, 1.807) is 28.5 Å². The van der Waals surface area contributed by atoms with Crippen LogP contribution in [0.5, 0.6) is 0 Å². The summed E-state index contributed by atoms with van der Waals surface area (Å²) >= 11 is 1.68. The molecule has 2 unspecified atom stereocenters. The third kappa shape index (κ3) is 4.60. The van der Waals surface area contributed by atoms with E-state index in [4.69, 9.17) is 10.4 Å². The molecule has 2 amide bonds. The predicted molar refractivity (Wildman–Crippen MR) is 77.5 cm³/mol. The molecule has 7 heteroatoms. The second kappa shape index (κ2) is 8.00. The molecule has 0 radical (unpaired) electrons. The second-order valence-corrected chi connectivity index (χ2v) is 6.02. The van der Waals surface area contributed by atoms with E-state index in [9.17, 15) is 9.59 Å². The normalized spacial score (nSPS) is 20.1. The molecule has 1 N–H and O–H groups in total. The maximum Gasteiger partial charge on any atom is 0.320 e. The van der Waals surface area contributed by atoms with Crippen LogP contribution in [0, 0.1) is 17.2 Å². The van der Waals surface area contributed by atoms with Gasteiger partial charge in [-0.05, 0) is 13.8 Å². The van der Waals surface area contributed by atoms with Gasteiger partial charge in [-0.15, -0.1) is 0 Å². The molecule has 0 aromatic heterocycles. The molecule has 2 atom stereocenters. The molecule has 0 aromatic rings. The average molecular weight is 299 g/mol. The molecule has 1 heterocycles. The van der Waals surface area contributed by atoms with Crippen molar-refractivity contribution in [1.29, 1.82) is 5.26 Å². The molecule has 20 heavy (non-hydrogen) atoms. The van der Waals surface area contributed by atoms with E-state index in [0.717, 1.165) is 5.75 Å². The van der Waals surface area contributed by atoms with Crippen LogP contribution in [0.15, 0.2) is 0 Å². The number of aliphatic carboxylic acids is 1. The minimum atomic E-state index is -0.885. The van der Waals surface area contributed by atoms with E-state index in [1.807, 2.05) is 6.92 Å². The van der Waals surface area contributed by atoms with Crippen molar-refractivity contribution in [2.75, 3.05) is 31.1 Å². The minimum absolute atomic E-state index is 0.0237. The molecule has 0 saturated carbocycles. The molecular weight excluding hydrogens is 278 g/mol. The van der Waals surface area contributed by atoms with Crippen molar-refractivity contribution in [1.82, 2.24) is 9.80 Å². The van der Waals surface area contributed by atoms with E-state index in [2.05, 4.69) is 6.07 Å². The Balaban J connectivity index is 2.74. The number of nitriles is 1. The summed E-state index contributed by atoms with van der Waals surface area (Å²) in [5, 5.41) is 17.8. The summed E-state index contributed by atoms with van der Waals surface area (Å²) < 4.78 is 0. The first kappa shape index (κ1) is 16.6. The Hall–Kier alpha value is -1.42. The lowest BCUT2D eigenvalue weighted by Crippen LogP contribution is -2.53. The Morgan fingerprint density at radius 2 is 2.30 bits per heavy atom. The Morgan fingerprint density at radius 3 is 2.85 bits per heavy atom. The number of rotatable bonds is 5. The molecular formula is C13H21N3O3S. The van der Waals surface area contributed by atoms with Crippen molar-refractivity contribution in [2.24, 2.45) is 5.92 Å². The predicted octanol–water partition coefficient (Wildman–Crippen LogP) is 1.48. The van der Waals surface area contributed by atoms with E-state index >= 15 is 0 Å². The zero-order valence-corrected chi connectivity index (χ0v) is 12.7. The third-order valence-corrected chi connectivity index (χ3v) is 4.34. The van der Waals surface area contributed by atoms with Gasteiger partial charge in [-0.1, -0.05) is 0 Å².